The molecule has 106 valence electrons. The lowest BCUT2D eigenvalue weighted by Crippen LogP contribution is -2.43. The van der Waals surface area contributed by atoms with Crippen molar-refractivity contribution >= 4 is 11.6 Å². The van der Waals surface area contributed by atoms with Crippen LogP contribution in [-0.2, 0) is 6.54 Å². The van der Waals surface area contributed by atoms with Crippen molar-refractivity contribution in [3.8, 4) is 11.5 Å². The smallest absolute Gasteiger partial charge is 0.258 e. The summed E-state index contributed by atoms with van der Waals surface area (Å²) < 4.78 is 18.3. The summed E-state index contributed by atoms with van der Waals surface area (Å²) >= 11 is 5.75. The second-order valence-electron chi connectivity index (χ2n) is 4.67. The van der Waals surface area contributed by atoms with Crippen LogP contribution in [0, 0.1) is 5.82 Å². The number of nitrogens with zero attached hydrogens (tertiary/aromatic N) is 3. The van der Waals surface area contributed by atoms with Crippen molar-refractivity contribution in [1.29, 1.82) is 0 Å². The molecule has 0 bridgehead atoms. The molecule has 0 unspecified atom stereocenters. The maximum absolute atomic E-state index is 13.1. The first kappa shape index (κ1) is 13.5. The lowest BCUT2D eigenvalue weighted by Gasteiger charge is -2.25. The van der Waals surface area contributed by atoms with E-state index in [9.17, 15) is 4.39 Å². The third kappa shape index (κ3) is 2.98. The van der Waals surface area contributed by atoms with Crippen LogP contribution in [-0.4, -0.2) is 41.2 Å². The molecule has 1 N–H and O–H groups in total. The third-order valence-corrected chi connectivity index (χ3v) is 3.50. The Morgan fingerprint density at radius 2 is 2.15 bits per heavy atom. The fraction of sp³-hybridized carbons (Fsp3) is 0.385. The topological polar surface area (TPSA) is 54.2 Å². The lowest BCUT2D eigenvalue weighted by atomic mass is 10.2. The molecule has 7 heteroatoms. The Hall–Kier alpha value is -1.50. The summed E-state index contributed by atoms with van der Waals surface area (Å²) in [6.07, 6.45) is 0. The number of rotatable bonds is 3. The minimum absolute atomic E-state index is 0.0457. The van der Waals surface area contributed by atoms with Crippen molar-refractivity contribution in [2.45, 2.75) is 6.54 Å². The van der Waals surface area contributed by atoms with Gasteiger partial charge >= 0.3 is 0 Å². The van der Waals surface area contributed by atoms with Gasteiger partial charge in [0, 0.05) is 31.7 Å². The van der Waals surface area contributed by atoms with Crippen LogP contribution < -0.4 is 5.32 Å². The molecule has 0 aliphatic carbocycles. The van der Waals surface area contributed by atoms with Crippen LogP contribution in [0.5, 0.6) is 0 Å². The average molecular weight is 297 g/mol. The zero-order valence-electron chi connectivity index (χ0n) is 10.8. The summed E-state index contributed by atoms with van der Waals surface area (Å²) in [5.41, 5.74) is 0.621. The molecular formula is C13H14ClFN4O. The number of nitrogens with one attached hydrogen (secondary N) is 1. The first-order valence-corrected chi connectivity index (χ1v) is 6.81. The number of aromatic nitrogens is 2. The van der Waals surface area contributed by atoms with Crippen LogP contribution in [0.2, 0.25) is 5.02 Å². The number of piperazine rings is 1. The molecule has 1 aromatic heterocycles. The highest BCUT2D eigenvalue weighted by Gasteiger charge is 2.15. The van der Waals surface area contributed by atoms with Gasteiger partial charge in [0.1, 0.15) is 5.82 Å². The van der Waals surface area contributed by atoms with Crippen LogP contribution in [0.1, 0.15) is 5.82 Å². The highest BCUT2D eigenvalue weighted by atomic mass is 35.5. The Kier molecular flexibility index (Phi) is 3.95. The number of hydrogen-bond donors (Lipinski definition) is 1. The van der Waals surface area contributed by atoms with E-state index in [1.54, 1.807) is 6.07 Å². The summed E-state index contributed by atoms with van der Waals surface area (Å²) in [5, 5.41) is 7.29. The first-order chi connectivity index (χ1) is 9.72. The average Bonchev–Trinajstić information content (AvgIpc) is 2.91. The SMILES string of the molecule is Fc1ccc(-c2nc(CN3CCNCC3)no2)cc1Cl. The molecule has 20 heavy (non-hydrogen) atoms. The fourth-order valence-corrected chi connectivity index (χ4v) is 2.31. The van der Waals surface area contributed by atoms with Crippen molar-refractivity contribution in [2.24, 2.45) is 0 Å². The minimum atomic E-state index is -0.462. The molecule has 1 saturated heterocycles. The van der Waals surface area contributed by atoms with E-state index in [-0.39, 0.29) is 5.02 Å². The van der Waals surface area contributed by atoms with Crippen LogP contribution >= 0.6 is 11.6 Å². The van der Waals surface area contributed by atoms with E-state index in [0.29, 0.717) is 23.8 Å². The van der Waals surface area contributed by atoms with Gasteiger partial charge < -0.3 is 9.84 Å². The van der Waals surface area contributed by atoms with Gasteiger partial charge in [-0.2, -0.15) is 4.98 Å². The Bertz CT molecular complexity index is 598. The monoisotopic (exact) mass is 296 g/mol. The lowest BCUT2D eigenvalue weighted by molar-refractivity contribution is 0.225. The van der Waals surface area contributed by atoms with Gasteiger partial charge in [-0.05, 0) is 18.2 Å². The van der Waals surface area contributed by atoms with E-state index in [4.69, 9.17) is 16.1 Å². The van der Waals surface area contributed by atoms with Crippen LogP contribution in [0.15, 0.2) is 22.7 Å². The molecule has 0 spiro atoms. The van der Waals surface area contributed by atoms with E-state index >= 15 is 0 Å². The molecular weight excluding hydrogens is 283 g/mol. The molecule has 5 nitrogen and oxygen atoms in total. The quantitative estimate of drug-likeness (QED) is 0.938. The number of hydrogen-bond acceptors (Lipinski definition) is 5. The second kappa shape index (κ2) is 5.87. The van der Waals surface area contributed by atoms with Crippen molar-refractivity contribution in [3.05, 3.63) is 34.9 Å². The molecule has 0 amide bonds. The zero-order chi connectivity index (χ0) is 13.9. The van der Waals surface area contributed by atoms with Gasteiger partial charge in [0.25, 0.3) is 5.89 Å². The molecule has 1 fully saturated rings. The van der Waals surface area contributed by atoms with Gasteiger partial charge in [0.2, 0.25) is 0 Å². The highest BCUT2D eigenvalue weighted by molar-refractivity contribution is 6.31. The number of halogens is 2. The van der Waals surface area contributed by atoms with E-state index in [2.05, 4.69) is 20.4 Å². The van der Waals surface area contributed by atoms with Crippen molar-refractivity contribution in [3.63, 3.8) is 0 Å². The molecule has 1 aromatic carbocycles. The molecule has 0 saturated carbocycles. The summed E-state index contributed by atoms with van der Waals surface area (Å²) in [5.74, 6) is 0.523. The Morgan fingerprint density at radius 3 is 2.90 bits per heavy atom. The zero-order valence-corrected chi connectivity index (χ0v) is 11.5. The fourth-order valence-electron chi connectivity index (χ4n) is 2.13. The summed E-state index contributed by atoms with van der Waals surface area (Å²) in [6.45, 7) is 4.52. The highest BCUT2D eigenvalue weighted by Crippen LogP contribution is 2.23. The van der Waals surface area contributed by atoms with E-state index in [0.717, 1.165) is 26.2 Å². The van der Waals surface area contributed by atoms with Crippen LogP contribution in [0.3, 0.4) is 0 Å². The van der Waals surface area contributed by atoms with Gasteiger partial charge in [0.05, 0.1) is 11.6 Å². The normalized spacial score (nSPS) is 16.5. The van der Waals surface area contributed by atoms with Crippen molar-refractivity contribution < 1.29 is 8.91 Å². The van der Waals surface area contributed by atoms with Crippen LogP contribution in [0.4, 0.5) is 4.39 Å². The first-order valence-electron chi connectivity index (χ1n) is 6.43. The molecule has 1 aliphatic heterocycles. The second-order valence-corrected chi connectivity index (χ2v) is 5.08. The molecule has 0 radical (unpaired) electrons. The van der Waals surface area contributed by atoms with E-state index in [1.165, 1.54) is 12.1 Å². The maximum Gasteiger partial charge on any atom is 0.258 e. The van der Waals surface area contributed by atoms with E-state index in [1.807, 2.05) is 0 Å². The summed E-state index contributed by atoms with van der Waals surface area (Å²) in [7, 11) is 0. The van der Waals surface area contributed by atoms with Crippen molar-refractivity contribution in [2.75, 3.05) is 26.2 Å². The molecule has 0 atom stereocenters. The minimum Gasteiger partial charge on any atom is -0.334 e. The van der Waals surface area contributed by atoms with Crippen molar-refractivity contribution in [1.82, 2.24) is 20.4 Å². The molecule has 3 rings (SSSR count). The Morgan fingerprint density at radius 1 is 1.35 bits per heavy atom. The van der Waals surface area contributed by atoms with E-state index < -0.39 is 5.82 Å². The maximum atomic E-state index is 13.1. The van der Waals surface area contributed by atoms with Gasteiger partial charge in [-0.3, -0.25) is 4.90 Å². The standard InChI is InChI=1S/C13H14ClFN4O/c14-10-7-9(1-2-11(10)15)13-17-12(18-20-13)8-19-5-3-16-4-6-19/h1-2,7,16H,3-6,8H2. The molecule has 1 aliphatic rings. The summed E-state index contributed by atoms with van der Waals surface area (Å²) in [6, 6.07) is 4.35. The largest absolute Gasteiger partial charge is 0.334 e. The molecule has 2 aromatic rings. The predicted molar refractivity (Wildman–Crippen MR) is 72.8 cm³/mol. The Balaban J connectivity index is 1.73. The van der Waals surface area contributed by atoms with Crippen LogP contribution in [0.25, 0.3) is 11.5 Å². The summed E-state index contributed by atoms with van der Waals surface area (Å²) in [4.78, 5) is 6.58. The van der Waals surface area contributed by atoms with Gasteiger partial charge in [-0.25, -0.2) is 4.39 Å². The van der Waals surface area contributed by atoms with Gasteiger partial charge in [-0.15, -0.1) is 0 Å². The van der Waals surface area contributed by atoms with Gasteiger partial charge in [-0.1, -0.05) is 16.8 Å². The molecule has 2 heterocycles. The Labute approximate surface area is 120 Å². The predicted octanol–water partition coefficient (Wildman–Crippen LogP) is 1.93. The number of benzene rings is 1. The third-order valence-electron chi connectivity index (χ3n) is 3.21. The van der Waals surface area contributed by atoms with Gasteiger partial charge in [0.15, 0.2) is 5.82 Å².